The zero-order valence-electron chi connectivity index (χ0n) is 25.3. The number of benzene rings is 1. The number of allylic oxidation sites excluding steroid dienone is 3. The molecule has 14 heteroatoms. The average Bonchev–Trinajstić information content (AvgIpc) is 3.43. The normalized spacial score (nSPS) is 11.3. The number of hydrogen-bond acceptors (Lipinski definition) is 9. The number of rotatable bonds is 13. The second-order valence-corrected chi connectivity index (χ2v) is 9.60. The number of nitrogens with one attached hydrogen (secondary N) is 2. The molecule has 0 saturated heterocycles. The number of hydrogen-bond donors (Lipinski definition) is 4. The number of carbonyl (C=O) groups excluding carboxylic acids is 2. The van der Waals surface area contributed by atoms with Crippen molar-refractivity contribution in [3.63, 3.8) is 0 Å². The molecule has 6 N–H and O–H groups in total. The Hall–Kier alpha value is -4.46. The van der Waals surface area contributed by atoms with Crippen molar-refractivity contribution in [1.29, 1.82) is 0 Å². The number of aryl methyl sites for hydroxylation is 1. The summed E-state index contributed by atoms with van der Waals surface area (Å²) in [6, 6.07) is 10.5. The SMILES string of the molecule is CC.CC.N/C(=C\C=C(/N)NC(=O)Cc1cccc(OC(F)(F)F)c1)CCCCc1nnc(NC(=O)Cc2ccccn2)s1. The molecule has 3 rings (SSSR count). The lowest BCUT2D eigenvalue weighted by molar-refractivity contribution is -0.274. The largest absolute Gasteiger partial charge is 0.573 e. The fourth-order valence-corrected chi connectivity index (χ4v) is 4.20. The number of halogens is 3. The maximum absolute atomic E-state index is 12.4. The molecule has 2 heterocycles. The van der Waals surface area contributed by atoms with Gasteiger partial charge in [-0.3, -0.25) is 14.6 Å². The summed E-state index contributed by atoms with van der Waals surface area (Å²) < 4.78 is 41.0. The van der Waals surface area contributed by atoms with E-state index in [1.807, 2.05) is 33.8 Å². The minimum atomic E-state index is -4.82. The monoisotopic (exact) mass is 635 g/mol. The van der Waals surface area contributed by atoms with Crippen LogP contribution in [0.3, 0.4) is 0 Å². The zero-order chi connectivity index (χ0) is 33.0. The van der Waals surface area contributed by atoms with Gasteiger partial charge in [0.25, 0.3) is 0 Å². The van der Waals surface area contributed by atoms with Crippen molar-refractivity contribution in [3.8, 4) is 5.75 Å². The van der Waals surface area contributed by atoms with Gasteiger partial charge in [-0.1, -0.05) is 57.2 Å². The first-order valence-electron chi connectivity index (χ1n) is 14.1. The van der Waals surface area contributed by atoms with Crippen molar-refractivity contribution < 1.29 is 27.5 Å². The molecule has 0 atom stereocenters. The third-order valence-electron chi connectivity index (χ3n) is 5.14. The summed E-state index contributed by atoms with van der Waals surface area (Å²) in [6.45, 7) is 8.00. The predicted octanol–water partition coefficient (Wildman–Crippen LogP) is 5.78. The Morgan fingerprint density at radius 2 is 1.70 bits per heavy atom. The number of unbranched alkanes of at least 4 members (excludes halogenated alkanes) is 1. The molecule has 0 radical (unpaired) electrons. The van der Waals surface area contributed by atoms with E-state index in [1.54, 1.807) is 24.4 Å². The van der Waals surface area contributed by atoms with Gasteiger partial charge < -0.3 is 26.8 Å². The molecule has 0 aliphatic carbocycles. The van der Waals surface area contributed by atoms with E-state index >= 15 is 0 Å². The Balaban J connectivity index is 0.00000232. The van der Waals surface area contributed by atoms with Gasteiger partial charge in [-0.25, -0.2) is 0 Å². The molecule has 2 amide bonds. The van der Waals surface area contributed by atoms with E-state index in [0.29, 0.717) is 34.9 Å². The Morgan fingerprint density at radius 3 is 2.39 bits per heavy atom. The van der Waals surface area contributed by atoms with Crippen LogP contribution in [0.15, 0.2) is 72.3 Å². The smallest absolute Gasteiger partial charge is 0.406 e. The molecule has 2 aromatic heterocycles. The van der Waals surface area contributed by atoms with Crippen molar-refractivity contribution in [1.82, 2.24) is 20.5 Å². The van der Waals surface area contributed by atoms with Gasteiger partial charge in [0.1, 0.15) is 16.6 Å². The number of amides is 2. The maximum atomic E-state index is 12.4. The topological polar surface area (TPSA) is 158 Å². The Kier molecular flexibility index (Phi) is 17.5. The van der Waals surface area contributed by atoms with Crippen LogP contribution >= 0.6 is 11.3 Å². The van der Waals surface area contributed by atoms with Crippen molar-refractivity contribution in [2.75, 3.05) is 5.32 Å². The van der Waals surface area contributed by atoms with E-state index in [1.165, 1.54) is 29.5 Å². The van der Waals surface area contributed by atoms with E-state index in [-0.39, 0.29) is 24.6 Å². The van der Waals surface area contributed by atoms with Gasteiger partial charge >= 0.3 is 6.36 Å². The van der Waals surface area contributed by atoms with Crippen LogP contribution in [-0.2, 0) is 28.9 Å². The van der Waals surface area contributed by atoms with Gasteiger partial charge in [-0.05, 0) is 61.2 Å². The van der Waals surface area contributed by atoms with Crippen LogP contribution in [0.2, 0.25) is 0 Å². The predicted molar refractivity (Wildman–Crippen MR) is 166 cm³/mol. The minimum absolute atomic E-state index is 0.0436. The summed E-state index contributed by atoms with van der Waals surface area (Å²) in [6.07, 6.45) is 2.60. The number of nitrogens with two attached hydrogens (primary N) is 2. The molecule has 0 aliphatic heterocycles. The second kappa shape index (κ2) is 20.4. The number of ether oxygens (including phenoxy) is 1. The summed E-state index contributed by atoms with van der Waals surface area (Å²) in [5.41, 5.74) is 13.4. The summed E-state index contributed by atoms with van der Waals surface area (Å²) in [4.78, 5) is 28.4. The van der Waals surface area contributed by atoms with Crippen LogP contribution in [0.1, 0.15) is 63.2 Å². The van der Waals surface area contributed by atoms with Crippen LogP contribution in [-0.4, -0.2) is 33.4 Å². The van der Waals surface area contributed by atoms with Crippen LogP contribution < -0.4 is 26.8 Å². The molecule has 0 spiro atoms. The van der Waals surface area contributed by atoms with Gasteiger partial charge in [-0.2, -0.15) is 0 Å². The fraction of sp³-hybridized carbons (Fsp3) is 0.367. The average molecular weight is 636 g/mol. The van der Waals surface area contributed by atoms with Gasteiger partial charge in [-0.15, -0.1) is 23.4 Å². The number of alkyl halides is 3. The Bertz CT molecular complexity index is 1350. The third-order valence-corrected chi connectivity index (χ3v) is 6.04. The highest BCUT2D eigenvalue weighted by molar-refractivity contribution is 7.15. The molecule has 240 valence electrons. The first-order valence-corrected chi connectivity index (χ1v) is 15.0. The molecule has 0 bridgehead atoms. The molecular formula is C30H40F3N7O3S. The van der Waals surface area contributed by atoms with Crippen molar-refractivity contribution in [2.45, 2.75) is 72.6 Å². The zero-order valence-corrected chi connectivity index (χ0v) is 26.1. The van der Waals surface area contributed by atoms with Gasteiger partial charge in [0.05, 0.1) is 12.8 Å². The summed E-state index contributed by atoms with van der Waals surface area (Å²) in [5, 5.41) is 14.5. The van der Waals surface area contributed by atoms with Crippen molar-refractivity contribution in [2.24, 2.45) is 11.5 Å². The van der Waals surface area contributed by atoms with E-state index in [0.717, 1.165) is 30.0 Å². The molecule has 3 aromatic rings. The van der Waals surface area contributed by atoms with Crippen molar-refractivity contribution in [3.05, 3.63) is 88.6 Å². The highest BCUT2D eigenvalue weighted by atomic mass is 32.1. The maximum Gasteiger partial charge on any atom is 0.573 e. The fourth-order valence-electron chi connectivity index (χ4n) is 3.41. The van der Waals surface area contributed by atoms with E-state index in [9.17, 15) is 22.8 Å². The lowest BCUT2D eigenvalue weighted by Gasteiger charge is -2.10. The van der Waals surface area contributed by atoms with Gasteiger partial charge in [0.15, 0.2) is 0 Å². The van der Waals surface area contributed by atoms with Gasteiger partial charge in [0, 0.05) is 24.0 Å². The summed E-state index contributed by atoms with van der Waals surface area (Å²) >= 11 is 1.31. The molecule has 0 aliphatic rings. The lowest BCUT2D eigenvalue weighted by Crippen LogP contribution is -2.28. The van der Waals surface area contributed by atoms with Crippen LogP contribution in [0.25, 0.3) is 0 Å². The van der Waals surface area contributed by atoms with Gasteiger partial charge in [0.2, 0.25) is 16.9 Å². The Morgan fingerprint density at radius 1 is 0.955 bits per heavy atom. The molecule has 1 aromatic carbocycles. The highest BCUT2D eigenvalue weighted by Gasteiger charge is 2.31. The molecule has 0 unspecified atom stereocenters. The highest BCUT2D eigenvalue weighted by Crippen LogP contribution is 2.23. The first-order chi connectivity index (χ1) is 21.1. The number of nitrogens with zero attached hydrogens (tertiary/aromatic N) is 3. The van der Waals surface area contributed by atoms with E-state index in [2.05, 4.69) is 30.6 Å². The summed E-state index contributed by atoms with van der Waals surface area (Å²) in [7, 11) is 0. The third kappa shape index (κ3) is 16.2. The van der Waals surface area contributed by atoms with E-state index in [4.69, 9.17) is 11.5 Å². The first kappa shape index (κ1) is 37.6. The van der Waals surface area contributed by atoms with Crippen LogP contribution in [0, 0.1) is 0 Å². The molecule has 10 nitrogen and oxygen atoms in total. The molecular weight excluding hydrogens is 595 g/mol. The van der Waals surface area contributed by atoms with Crippen LogP contribution in [0.5, 0.6) is 5.75 Å². The number of anilines is 1. The molecule has 0 fully saturated rings. The summed E-state index contributed by atoms with van der Waals surface area (Å²) in [5.74, 6) is -1.09. The lowest BCUT2D eigenvalue weighted by atomic mass is 10.1. The molecule has 44 heavy (non-hydrogen) atoms. The standard InChI is InChI=1S/C26H28F3N7O3S.2C2H6/c27-26(28,29)39-20-9-5-6-17(14-20)15-22(37)33-21(31)12-11-18(30)7-1-2-10-24-35-36-25(40-24)34-23(38)16-19-8-3-4-13-32-19;2*1-2/h3-6,8-9,11-14H,1-2,7,10,15-16,30-31H2,(H,33,37)(H,34,36,38);2*1-2H3/b18-11-,21-12+;;. The molecule has 0 saturated carbocycles. The van der Waals surface area contributed by atoms with Crippen molar-refractivity contribution >= 4 is 28.3 Å². The second-order valence-electron chi connectivity index (χ2n) is 8.54. The van der Waals surface area contributed by atoms with E-state index < -0.39 is 18.0 Å². The Labute approximate surface area is 259 Å². The van der Waals surface area contributed by atoms with Crippen LogP contribution in [0.4, 0.5) is 18.3 Å². The number of pyridine rings is 1. The quantitative estimate of drug-likeness (QED) is 0.136. The number of carbonyl (C=O) groups is 2. The number of aromatic nitrogens is 3. The minimum Gasteiger partial charge on any atom is -0.406 e.